The zero-order chi connectivity index (χ0) is 24.0. The predicted octanol–water partition coefficient (Wildman–Crippen LogP) is 3.56. The smallest absolute Gasteiger partial charge is 0.229 e. The summed E-state index contributed by atoms with van der Waals surface area (Å²) in [7, 11) is 0. The van der Waals surface area contributed by atoms with Crippen molar-refractivity contribution in [2.75, 3.05) is 36.5 Å². The van der Waals surface area contributed by atoms with E-state index < -0.39 is 0 Å². The van der Waals surface area contributed by atoms with Crippen molar-refractivity contribution in [1.82, 2.24) is 19.9 Å². The lowest BCUT2D eigenvalue weighted by Crippen LogP contribution is -2.35. The van der Waals surface area contributed by atoms with E-state index in [0.29, 0.717) is 37.8 Å². The van der Waals surface area contributed by atoms with Crippen LogP contribution in [0.1, 0.15) is 11.3 Å². The molecule has 1 aliphatic heterocycles. The number of aldehydes is 1. The van der Waals surface area contributed by atoms with Crippen LogP contribution in [-0.2, 0) is 17.8 Å². The van der Waals surface area contributed by atoms with E-state index in [-0.39, 0.29) is 6.61 Å². The molecule has 0 radical (unpaired) electrons. The van der Waals surface area contributed by atoms with Crippen LogP contribution in [-0.4, -0.2) is 57.5 Å². The molecule has 0 spiro atoms. The van der Waals surface area contributed by atoms with Gasteiger partial charge in [0, 0.05) is 48.6 Å². The number of benzene rings is 2. The van der Waals surface area contributed by atoms with Crippen LogP contribution in [0.4, 0.5) is 23.1 Å². The first kappa shape index (κ1) is 22.7. The number of para-hydroxylation sites is 1. The summed E-state index contributed by atoms with van der Waals surface area (Å²) in [4.78, 5) is 28.9. The zero-order valence-electron chi connectivity index (χ0n) is 19.2. The SMILES string of the molecule is O=CCN1CCc2nc(Nc3ccc(-c4cnco4)cc3)nc(N(CCO)c3ccccc3)c2C1. The van der Waals surface area contributed by atoms with E-state index in [4.69, 9.17) is 14.4 Å². The van der Waals surface area contributed by atoms with E-state index in [2.05, 4.69) is 15.2 Å². The molecule has 0 saturated heterocycles. The molecule has 0 bridgehead atoms. The number of carbonyl (C=O) groups is 1. The standard InChI is InChI=1S/C26H26N6O3/c33-14-12-31-11-10-23-22(17-31)25(32(13-15-34)21-4-2-1-3-5-21)30-26(29-23)28-20-8-6-19(7-9-20)24-16-27-18-35-24/h1-9,14,16,18,34H,10-13,15,17H2,(H,28,29,30). The second-order valence-electron chi connectivity index (χ2n) is 8.23. The van der Waals surface area contributed by atoms with Gasteiger partial charge in [-0.05, 0) is 36.4 Å². The van der Waals surface area contributed by atoms with Crippen LogP contribution < -0.4 is 10.2 Å². The Labute approximate surface area is 203 Å². The summed E-state index contributed by atoms with van der Waals surface area (Å²) >= 11 is 0. The largest absolute Gasteiger partial charge is 0.444 e. The molecule has 0 unspecified atom stereocenters. The van der Waals surface area contributed by atoms with Gasteiger partial charge in [-0.3, -0.25) is 4.90 Å². The van der Waals surface area contributed by atoms with Crippen molar-refractivity contribution in [3.63, 3.8) is 0 Å². The summed E-state index contributed by atoms with van der Waals surface area (Å²) in [5, 5.41) is 13.2. The summed E-state index contributed by atoms with van der Waals surface area (Å²) in [6.07, 6.45) is 4.71. The topological polar surface area (TPSA) is 108 Å². The van der Waals surface area contributed by atoms with Gasteiger partial charge in [-0.1, -0.05) is 18.2 Å². The Morgan fingerprint density at radius 2 is 1.94 bits per heavy atom. The number of oxazole rings is 1. The fourth-order valence-electron chi connectivity index (χ4n) is 4.26. The highest BCUT2D eigenvalue weighted by Crippen LogP contribution is 2.33. The molecule has 2 aromatic heterocycles. The van der Waals surface area contributed by atoms with Gasteiger partial charge in [0.1, 0.15) is 12.1 Å². The molecule has 9 heteroatoms. The molecule has 4 aromatic rings. The third-order valence-corrected chi connectivity index (χ3v) is 5.96. The molecule has 5 rings (SSSR count). The van der Waals surface area contributed by atoms with E-state index in [1.807, 2.05) is 59.5 Å². The number of nitrogens with one attached hydrogen (secondary N) is 1. The van der Waals surface area contributed by atoms with Gasteiger partial charge in [0.2, 0.25) is 5.95 Å². The third kappa shape index (κ3) is 5.06. The lowest BCUT2D eigenvalue weighted by molar-refractivity contribution is -0.109. The zero-order valence-corrected chi connectivity index (χ0v) is 19.2. The third-order valence-electron chi connectivity index (χ3n) is 5.96. The molecule has 178 valence electrons. The molecular formula is C26H26N6O3. The lowest BCUT2D eigenvalue weighted by atomic mass is 10.1. The average Bonchev–Trinajstić information content (AvgIpc) is 3.43. The fraction of sp³-hybridized carbons (Fsp3) is 0.231. The summed E-state index contributed by atoms with van der Waals surface area (Å²) < 4.78 is 5.37. The van der Waals surface area contributed by atoms with Crippen molar-refractivity contribution >= 4 is 29.4 Å². The Morgan fingerprint density at radius 3 is 2.66 bits per heavy atom. The van der Waals surface area contributed by atoms with E-state index in [1.54, 1.807) is 6.20 Å². The van der Waals surface area contributed by atoms with Gasteiger partial charge in [-0.25, -0.2) is 9.97 Å². The second kappa shape index (κ2) is 10.5. The number of nitrogens with zero attached hydrogens (tertiary/aromatic N) is 5. The maximum Gasteiger partial charge on any atom is 0.229 e. The van der Waals surface area contributed by atoms with Crippen LogP contribution >= 0.6 is 0 Å². The van der Waals surface area contributed by atoms with Crippen LogP contribution in [0, 0.1) is 0 Å². The predicted molar refractivity (Wildman–Crippen MR) is 133 cm³/mol. The van der Waals surface area contributed by atoms with Gasteiger partial charge in [0.15, 0.2) is 12.2 Å². The number of hydrogen-bond acceptors (Lipinski definition) is 9. The molecular weight excluding hydrogens is 444 g/mol. The van der Waals surface area contributed by atoms with Gasteiger partial charge in [0.05, 0.1) is 25.0 Å². The van der Waals surface area contributed by atoms with Crippen molar-refractivity contribution in [2.24, 2.45) is 0 Å². The number of aliphatic hydroxyl groups excluding tert-OH is 1. The van der Waals surface area contributed by atoms with Crippen LogP contribution in [0.3, 0.4) is 0 Å². The van der Waals surface area contributed by atoms with Gasteiger partial charge < -0.3 is 24.5 Å². The molecule has 0 aliphatic carbocycles. The number of hydrogen-bond donors (Lipinski definition) is 2. The Hall–Kier alpha value is -4.08. The molecule has 35 heavy (non-hydrogen) atoms. The molecule has 0 fully saturated rings. The highest BCUT2D eigenvalue weighted by molar-refractivity contribution is 5.68. The number of fused-ring (bicyclic) bond motifs is 1. The normalized spacial score (nSPS) is 13.3. The van der Waals surface area contributed by atoms with Crippen LogP contribution in [0.2, 0.25) is 0 Å². The van der Waals surface area contributed by atoms with Crippen molar-refractivity contribution in [1.29, 1.82) is 0 Å². The fourth-order valence-corrected chi connectivity index (χ4v) is 4.26. The Morgan fingerprint density at radius 1 is 1.11 bits per heavy atom. The van der Waals surface area contributed by atoms with Gasteiger partial charge in [-0.15, -0.1) is 0 Å². The van der Waals surface area contributed by atoms with Gasteiger partial charge in [-0.2, -0.15) is 4.98 Å². The number of aromatic nitrogens is 3. The van der Waals surface area contributed by atoms with E-state index in [0.717, 1.165) is 46.8 Å². The number of carbonyl (C=O) groups excluding carboxylic acids is 1. The van der Waals surface area contributed by atoms with Crippen molar-refractivity contribution in [3.8, 4) is 11.3 Å². The maximum atomic E-state index is 11.1. The van der Waals surface area contributed by atoms with Gasteiger partial charge in [0.25, 0.3) is 0 Å². The molecule has 2 aromatic carbocycles. The molecule has 9 nitrogen and oxygen atoms in total. The highest BCUT2D eigenvalue weighted by Gasteiger charge is 2.26. The highest BCUT2D eigenvalue weighted by atomic mass is 16.3. The molecule has 2 N–H and O–H groups in total. The number of anilines is 4. The van der Waals surface area contributed by atoms with Crippen molar-refractivity contribution < 1.29 is 14.3 Å². The molecule has 0 amide bonds. The lowest BCUT2D eigenvalue weighted by Gasteiger charge is -2.32. The first-order chi connectivity index (χ1) is 17.2. The Balaban J connectivity index is 1.51. The number of aliphatic hydroxyl groups is 1. The maximum absolute atomic E-state index is 11.1. The van der Waals surface area contributed by atoms with Crippen LogP contribution in [0.15, 0.2) is 71.6 Å². The summed E-state index contributed by atoms with van der Waals surface area (Å²) in [5.41, 5.74) is 4.61. The quantitative estimate of drug-likeness (QED) is 0.355. The first-order valence-corrected chi connectivity index (χ1v) is 11.5. The Bertz CT molecular complexity index is 1260. The molecule has 3 heterocycles. The Kier molecular flexibility index (Phi) is 6.78. The monoisotopic (exact) mass is 470 g/mol. The van der Waals surface area contributed by atoms with Crippen molar-refractivity contribution in [2.45, 2.75) is 13.0 Å². The first-order valence-electron chi connectivity index (χ1n) is 11.5. The number of rotatable bonds is 9. The van der Waals surface area contributed by atoms with Crippen LogP contribution in [0.25, 0.3) is 11.3 Å². The van der Waals surface area contributed by atoms with Crippen molar-refractivity contribution in [3.05, 3.63) is 78.4 Å². The average molecular weight is 471 g/mol. The van der Waals surface area contributed by atoms with Gasteiger partial charge >= 0.3 is 0 Å². The minimum absolute atomic E-state index is 0.0302. The minimum atomic E-state index is -0.0302. The van der Waals surface area contributed by atoms with E-state index in [9.17, 15) is 9.90 Å². The molecule has 0 atom stereocenters. The summed E-state index contributed by atoms with van der Waals surface area (Å²) in [5.74, 6) is 1.91. The summed E-state index contributed by atoms with van der Waals surface area (Å²) in [6.45, 7) is 2.04. The second-order valence-corrected chi connectivity index (χ2v) is 8.23. The summed E-state index contributed by atoms with van der Waals surface area (Å²) in [6, 6.07) is 17.6. The van der Waals surface area contributed by atoms with E-state index >= 15 is 0 Å². The van der Waals surface area contributed by atoms with E-state index in [1.165, 1.54) is 6.39 Å². The van der Waals surface area contributed by atoms with Crippen LogP contribution in [0.5, 0.6) is 0 Å². The minimum Gasteiger partial charge on any atom is -0.444 e. The molecule has 0 saturated carbocycles. The molecule has 1 aliphatic rings.